The molecule has 0 spiro atoms. The minimum atomic E-state index is -4.64. The molecule has 9 heteroatoms. The van der Waals surface area contributed by atoms with Crippen LogP contribution in [0.15, 0.2) is 42.5 Å². The number of halogens is 3. The van der Waals surface area contributed by atoms with Gasteiger partial charge in [-0.3, -0.25) is 10.1 Å². The van der Waals surface area contributed by atoms with Crippen molar-refractivity contribution in [1.82, 2.24) is 4.98 Å². The first-order chi connectivity index (χ1) is 12.8. The Balaban J connectivity index is 1.87. The molecule has 0 aliphatic carbocycles. The van der Waals surface area contributed by atoms with Crippen molar-refractivity contribution in [3.8, 4) is 0 Å². The van der Waals surface area contributed by atoms with Gasteiger partial charge in [-0.05, 0) is 37.3 Å². The second-order valence-electron chi connectivity index (χ2n) is 5.42. The van der Waals surface area contributed by atoms with E-state index in [0.29, 0.717) is 15.8 Å². The van der Waals surface area contributed by atoms with E-state index in [1.54, 1.807) is 19.1 Å². The fourth-order valence-corrected chi connectivity index (χ4v) is 3.31. The summed E-state index contributed by atoms with van der Waals surface area (Å²) in [5.74, 6) is -1.40. The van der Waals surface area contributed by atoms with Crippen LogP contribution in [0.4, 0.5) is 18.3 Å². The quantitative estimate of drug-likeness (QED) is 0.649. The van der Waals surface area contributed by atoms with E-state index < -0.39 is 29.2 Å². The van der Waals surface area contributed by atoms with E-state index in [0.717, 1.165) is 23.5 Å². The Bertz CT molecular complexity index is 1010. The fourth-order valence-electron chi connectivity index (χ4n) is 2.41. The number of alkyl halides is 3. The largest absolute Gasteiger partial charge is 0.462 e. The first-order valence-corrected chi connectivity index (χ1v) is 8.66. The fraction of sp³-hybridized carbons (Fsp3) is 0.167. The summed E-state index contributed by atoms with van der Waals surface area (Å²) in [6, 6.07) is 9.19. The maximum atomic E-state index is 13.1. The lowest BCUT2D eigenvalue weighted by atomic mass is 10.1. The second kappa shape index (κ2) is 7.36. The molecule has 1 heterocycles. The lowest BCUT2D eigenvalue weighted by Crippen LogP contribution is -2.18. The molecule has 0 saturated heterocycles. The van der Waals surface area contributed by atoms with Crippen molar-refractivity contribution in [2.45, 2.75) is 13.1 Å². The molecule has 0 aliphatic rings. The van der Waals surface area contributed by atoms with Crippen molar-refractivity contribution in [3.05, 3.63) is 59.2 Å². The highest BCUT2D eigenvalue weighted by molar-refractivity contribution is 7.22. The van der Waals surface area contributed by atoms with Crippen LogP contribution in [0.25, 0.3) is 10.2 Å². The van der Waals surface area contributed by atoms with Crippen LogP contribution in [-0.2, 0) is 10.9 Å². The van der Waals surface area contributed by atoms with Crippen LogP contribution in [0.1, 0.15) is 33.2 Å². The smallest absolute Gasteiger partial charge is 0.417 e. The van der Waals surface area contributed by atoms with Gasteiger partial charge in [0.1, 0.15) is 0 Å². The predicted molar refractivity (Wildman–Crippen MR) is 95.0 cm³/mol. The van der Waals surface area contributed by atoms with Crippen LogP contribution in [0.5, 0.6) is 0 Å². The van der Waals surface area contributed by atoms with Crippen molar-refractivity contribution >= 4 is 38.6 Å². The van der Waals surface area contributed by atoms with E-state index in [4.69, 9.17) is 4.74 Å². The Morgan fingerprint density at radius 1 is 1.19 bits per heavy atom. The highest BCUT2D eigenvalue weighted by Crippen LogP contribution is 2.33. The zero-order chi connectivity index (χ0) is 19.6. The molecule has 5 nitrogen and oxygen atoms in total. The number of thiazole rings is 1. The summed E-state index contributed by atoms with van der Waals surface area (Å²) in [5.41, 5.74) is -0.676. The molecule has 0 bridgehead atoms. The lowest BCUT2D eigenvalue weighted by molar-refractivity contribution is -0.137. The highest BCUT2D eigenvalue weighted by Gasteiger charge is 2.35. The monoisotopic (exact) mass is 394 g/mol. The molecule has 0 atom stereocenters. The normalized spacial score (nSPS) is 11.4. The molecular weight excluding hydrogens is 381 g/mol. The standard InChI is InChI=1S/C18H13F3N2O3S/c1-2-26-16(25)10-7-8-13-14(9-10)27-17(22-13)23-15(24)11-5-3-4-6-12(11)18(19,20)21/h3-9H,2H2,1H3,(H,22,23,24). The topological polar surface area (TPSA) is 68.3 Å². The number of rotatable bonds is 4. The van der Waals surface area contributed by atoms with Gasteiger partial charge in [0.05, 0.1) is 33.5 Å². The number of hydrogen-bond donors (Lipinski definition) is 1. The maximum absolute atomic E-state index is 13.1. The Hall–Kier alpha value is -2.94. The number of carbonyl (C=O) groups is 2. The Labute approximate surface area is 155 Å². The number of hydrogen-bond acceptors (Lipinski definition) is 5. The molecule has 1 aromatic heterocycles. The van der Waals surface area contributed by atoms with Gasteiger partial charge in [-0.2, -0.15) is 13.2 Å². The molecule has 2 aromatic carbocycles. The number of nitrogens with one attached hydrogen (secondary N) is 1. The second-order valence-corrected chi connectivity index (χ2v) is 6.45. The van der Waals surface area contributed by atoms with Gasteiger partial charge in [-0.1, -0.05) is 23.5 Å². The van der Waals surface area contributed by atoms with E-state index >= 15 is 0 Å². The first-order valence-electron chi connectivity index (χ1n) is 7.85. The molecule has 0 unspecified atom stereocenters. The van der Waals surface area contributed by atoms with E-state index in [2.05, 4.69) is 10.3 Å². The summed E-state index contributed by atoms with van der Waals surface area (Å²) in [4.78, 5) is 28.2. The van der Waals surface area contributed by atoms with Gasteiger partial charge in [0.25, 0.3) is 5.91 Å². The zero-order valence-electron chi connectivity index (χ0n) is 14.0. The van der Waals surface area contributed by atoms with Gasteiger partial charge >= 0.3 is 12.1 Å². The van der Waals surface area contributed by atoms with Gasteiger partial charge < -0.3 is 4.74 Å². The number of aromatic nitrogens is 1. The minimum Gasteiger partial charge on any atom is -0.462 e. The third-order valence-corrected chi connectivity index (χ3v) is 4.53. The van der Waals surface area contributed by atoms with Gasteiger partial charge in [0.2, 0.25) is 0 Å². The van der Waals surface area contributed by atoms with Crippen molar-refractivity contribution < 1.29 is 27.5 Å². The summed E-state index contributed by atoms with van der Waals surface area (Å²) in [6.07, 6.45) is -4.64. The number of amides is 1. The van der Waals surface area contributed by atoms with Crippen LogP contribution in [0.2, 0.25) is 0 Å². The lowest BCUT2D eigenvalue weighted by Gasteiger charge is -2.11. The number of esters is 1. The average molecular weight is 394 g/mol. The van der Waals surface area contributed by atoms with Crippen molar-refractivity contribution in [2.24, 2.45) is 0 Å². The summed E-state index contributed by atoms with van der Waals surface area (Å²) >= 11 is 1.05. The molecule has 0 fully saturated rings. The van der Waals surface area contributed by atoms with Crippen LogP contribution < -0.4 is 5.32 Å². The van der Waals surface area contributed by atoms with Crippen LogP contribution in [-0.4, -0.2) is 23.5 Å². The van der Waals surface area contributed by atoms with E-state index in [-0.39, 0.29) is 11.7 Å². The zero-order valence-corrected chi connectivity index (χ0v) is 14.8. The van der Waals surface area contributed by atoms with E-state index in [9.17, 15) is 22.8 Å². The average Bonchev–Trinajstić information content (AvgIpc) is 3.02. The third-order valence-electron chi connectivity index (χ3n) is 3.60. The highest BCUT2D eigenvalue weighted by atomic mass is 32.1. The number of carbonyl (C=O) groups excluding carboxylic acids is 2. The van der Waals surface area contributed by atoms with Gasteiger partial charge in [-0.15, -0.1) is 0 Å². The first kappa shape index (κ1) is 18.8. The molecule has 0 aliphatic heterocycles. The van der Waals surface area contributed by atoms with Crippen LogP contribution in [0.3, 0.4) is 0 Å². The van der Waals surface area contributed by atoms with E-state index in [1.165, 1.54) is 18.2 Å². The van der Waals surface area contributed by atoms with Gasteiger partial charge in [0.15, 0.2) is 5.13 Å². The minimum absolute atomic E-state index is 0.132. The third kappa shape index (κ3) is 4.08. The van der Waals surface area contributed by atoms with Gasteiger partial charge in [-0.25, -0.2) is 9.78 Å². The Morgan fingerprint density at radius 3 is 2.63 bits per heavy atom. The van der Waals surface area contributed by atoms with Crippen LogP contribution >= 0.6 is 11.3 Å². The van der Waals surface area contributed by atoms with E-state index in [1.807, 2.05) is 0 Å². The number of anilines is 1. The Morgan fingerprint density at radius 2 is 1.93 bits per heavy atom. The SMILES string of the molecule is CCOC(=O)c1ccc2nc(NC(=O)c3ccccc3C(F)(F)F)sc2c1. The van der Waals surface area contributed by atoms with Crippen molar-refractivity contribution in [2.75, 3.05) is 11.9 Å². The summed E-state index contributed by atoms with van der Waals surface area (Å²) in [7, 11) is 0. The summed E-state index contributed by atoms with van der Waals surface area (Å²) in [6.45, 7) is 1.93. The summed E-state index contributed by atoms with van der Waals surface area (Å²) in [5, 5.41) is 2.52. The van der Waals surface area contributed by atoms with Crippen LogP contribution in [0, 0.1) is 0 Å². The van der Waals surface area contributed by atoms with Gasteiger partial charge in [0, 0.05) is 0 Å². The van der Waals surface area contributed by atoms with Crippen molar-refractivity contribution in [1.29, 1.82) is 0 Å². The molecule has 27 heavy (non-hydrogen) atoms. The molecule has 0 saturated carbocycles. The molecule has 0 radical (unpaired) electrons. The molecule has 140 valence electrons. The Kier molecular flexibility index (Phi) is 5.13. The molecular formula is C18H13F3N2O3S. The number of nitrogens with zero attached hydrogens (tertiary/aromatic N) is 1. The molecule has 1 amide bonds. The summed E-state index contributed by atoms with van der Waals surface area (Å²) < 4.78 is 44.7. The van der Waals surface area contributed by atoms with Crippen molar-refractivity contribution in [3.63, 3.8) is 0 Å². The maximum Gasteiger partial charge on any atom is 0.417 e. The molecule has 1 N–H and O–H groups in total. The molecule has 3 aromatic rings. The number of benzene rings is 2. The number of fused-ring (bicyclic) bond motifs is 1. The molecule has 3 rings (SSSR count). The predicted octanol–water partition coefficient (Wildman–Crippen LogP) is 4.74. The number of ether oxygens (including phenoxy) is 1.